The monoisotopic (exact) mass is 370 g/mol. The molecule has 6 heteroatoms. The molecular formula is C21H26N2O4. The quantitative estimate of drug-likeness (QED) is 0.844. The van der Waals surface area contributed by atoms with Gasteiger partial charge in [0.15, 0.2) is 0 Å². The number of amides is 1. The van der Waals surface area contributed by atoms with E-state index in [1.54, 1.807) is 39.5 Å². The van der Waals surface area contributed by atoms with E-state index in [2.05, 4.69) is 5.32 Å². The number of likely N-dealkylation sites (tertiary alicyclic amines) is 1. The van der Waals surface area contributed by atoms with E-state index in [9.17, 15) is 4.79 Å². The lowest BCUT2D eigenvalue weighted by Crippen LogP contribution is -2.45. The fraction of sp³-hybridized carbons (Fsp3) is 0.381. The molecule has 2 aromatic rings. The molecule has 0 aromatic heterocycles. The van der Waals surface area contributed by atoms with Gasteiger partial charge in [0.25, 0.3) is 5.91 Å². The van der Waals surface area contributed by atoms with Crippen LogP contribution in [0.3, 0.4) is 0 Å². The molecule has 0 saturated carbocycles. The number of hydrogen-bond acceptors (Lipinski definition) is 5. The first kappa shape index (κ1) is 18.9. The molecule has 1 N–H and O–H groups in total. The third-order valence-corrected chi connectivity index (χ3v) is 4.81. The number of benzene rings is 2. The van der Waals surface area contributed by atoms with Crippen molar-refractivity contribution in [3.8, 4) is 17.2 Å². The number of carbonyl (C=O) groups excluding carboxylic acids is 1. The van der Waals surface area contributed by atoms with E-state index >= 15 is 0 Å². The summed E-state index contributed by atoms with van der Waals surface area (Å²) < 4.78 is 15.8. The Hall–Kier alpha value is -2.89. The summed E-state index contributed by atoms with van der Waals surface area (Å²) in [6.07, 6.45) is 1.98. The summed E-state index contributed by atoms with van der Waals surface area (Å²) in [7, 11) is 4.81. The molecule has 1 fully saturated rings. The minimum Gasteiger partial charge on any atom is -0.497 e. The number of piperidine rings is 1. The van der Waals surface area contributed by atoms with Crippen molar-refractivity contribution in [1.29, 1.82) is 0 Å². The zero-order valence-electron chi connectivity index (χ0n) is 16.0. The molecule has 0 radical (unpaired) electrons. The third-order valence-electron chi connectivity index (χ3n) is 4.81. The van der Waals surface area contributed by atoms with Crippen molar-refractivity contribution in [3.05, 3.63) is 48.0 Å². The highest BCUT2D eigenvalue weighted by Crippen LogP contribution is 2.27. The van der Waals surface area contributed by atoms with Gasteiger partial charge < -0.3 is 24.4 Å². The summed E-state index contributed by atoms with van der Waals surface area (Å²) in [5.41, 5.74) is 1.58. The number of rotatable bonds is 6. The summed E-state index contributed by atoms with van der Waals surface area (Å²) >= 11 is 0. The Kier molecular flexibility index (Phi) is 6.06. The van der Waals surface area contributed by atoms with Crippen molar-refractivity contribution in [2.75, 3.05) is 39.7 Å². The zero-order chi connectivity index (χ0) is 19.2. The lowest BCUT2D eigenvalue weighted by atomic mass is 10.0. The first-order chi connectivity index (χ1) is 13.1. The minimum atomic E-state index is -0.0178. The molecule has 1 amide bonds. The van der Waals surface area contributed by atoms with Crippen LogP contribution in [0.1, 0.15) is 23.2 Å². The third kappa shape index (κ3) is 4.45. The molecule has 2 aromatic carbocycles. The van der Waals surface area contributed by atoms with E-state index in [0.717, 1.165) is 30.8 Å². The van der Waals surface area contributed by atoms with Gasteiger partial charge in [-0.25, -0.2) is 0 Å². The SMILES string of the molecule is COc1ccc(N[C@H]2CCCN(C(=O)c3ccc(OC)cc3OC)C2)cc1. The number of nitrogens with zero attached hydrogens (tertiary/aromatic N) is 1. The van der Waals surface area contributed by atoms with Gasteiger partial charge in [-0.3, -0.25) is 4.79 Å². The smallest absolute Gasteiger partial charge is 0.257 e. The lowest BCUT2D eigenvalue weighted by molar-refractivity contribution is 0.0711. The summed E-state index contributed by atoms with van der Waals surface area (Å²) in [6.45, 7) is 1.40. The van der Waals surface area contributed by atoms with Gasteiger partial charge in [-0.05, 0) is 49.2 Å². The Morgan fingerprint density at radius 1 is 1.00 bits per heavy atom. The Morgan fingerprint density at radius 3 is 2.37 bits per heavy atom. The van der Waals surface area contributed by atoms with E-state index in [-0.39, 0.29) is 11.9 Å². The van der Waals surface area contributed by atoms with Crippen molar-refractivity contribution >= 4 is 11.6 Å². The largest absolute Gasteiger partial charge is 0.497 e. The summed E-state index contributed by atoms with van der Waals surface area (Å²) in [5, 5.41) is 3.51. The Bertz CT molecular complexity index is 776. The maximum atomic E-state index is 13.0. The van der Waals surface area contributed by atoms with Crippen molar-refractivity contribution in [2.45, 2.75) is 18.9 Å². The predicted octanol–water partition coefficient (Wildman–Crippen LogP) is 3.43. The van der Waals surface area contributed by atoms with Gasteiger partial charge in [0.05, 0.1) is 26.9 Å². The second-order valence-corrected chi connectivity index (χ2v) is 6.53. The van der Waals surface area contributed by atoms with Crippen molar-refractivity contribution in [3.63, 3.8) is 0 Å². The highest BCUT2D eigenvalue weighted by atomic mass is 16.5. The van der Waals surface area contributed by atoms with Gasteiger partial charge in [-0.2, -0.15) is 0 Å². The molecule has 0 bridgehead atoms. The van der Waals surface area contributed by atoms with E-state index in [1.807, 2.05) is 29.2 Å². The van der Waals surface area contributed by atoms with Gasteiger partial charge in [-0.1, -0.05) is 0 Å². The number of anilines is 1. The molecule has 3 rings (SSSR count). The highest BCUT2D eigenvalue weighted by molar-refractivity contribution is 5.97. The first-order valence-corrected chi connectivity index (χ1v) is 9.06. The molecule has 1 atom stereocenters. The number of carbonyl (C=O) groups is 1. The maximum absolute atomic E-state index is 13.0. The van der Waals surface area contributed by atoms with Gasteiger partial charge in [-0.15, -0.1) is 0 Å². The van der Waals surface area contributed by atoms with Gasteiger partial charge in [0.2, 0.25) is 0 Å². The standard InChI is InChI=1S/C21H26N2O4/c1-25-17-8-6-15(7-9-17)22-16-5-4-12-23(14-16)21(24)19-11-10-18(26-2)13-20(19)27-3/h6-11,13,16,22H,4-5,12,14H2,1-3H3/t16-/m0/s1. The van der Waals surface area contributed by atoms with Crippen LogP contribution in [-0.4, -0.2) is 51.3 Å². The molecule has 0 aliphatic carbocycles. The molecule has 0 spiro atoms. The minimum absolute atomic E-state index is 0.0178. The zero-order valence-corrected chi connectivity index (χ0v) is 16.0. The second kappa shape index (κ2) is 8.66. The van der Waals surface area contributed by atoms with Gasteiger partial charge >= 0.3 is 0 Å². The Labute approximate surface area is 160 Å². The van der Waals surface area contributed by atoms with E-state index in [1.165, 1.54) is 0 Å². The summed E-state index contributed by atoms with van der Waals surface area (Å²) in [6, 6.07) is 13.3. The fourth-order valence-corrected chi connectivity index (χ4v) is 3.35. The average molecular weight is 370 g/mol. The molecule has 1 aliphatic heterocycles. The van der Waals surface area contributed by atoms with Crippen LogP contribution in [0.4, 0.5) is 5.69 Å². The second-order valence-electron chi connectivity index (χ2n) is 6.53. The molecule has 27 heavy (non-hydrogen) atoms. The maximum Gasteiger partial charge on any atom is 0.257 e. The molecular weight excluding hydrogens is 344 g/mol. The molecule has 1 heterocycles. The van der Waals surface area contributed by atoms with E-state index in [0.29, 0.717) is 23.6 Å². The predicted molar refractivity (Wildman–Crippen MR) is 105 cm³/mol. The van der Waals surface area contributed by atoms with Crippen LogP contribution in [0.2, 0.25) is 0 Å². The topological polar surface area (TPSA) is 60.0 Å². The van der Waals surface area contributed by atoms with Crippen LogP contribution in [0.25, 0.3) is 0 Å². The Balaban J connectivity index is 1.69. The van der Waals surface area contributed by atoms with Crippen LogP contribution < -0.4 is 19.5 Å². The number of nitrogens with one attached hydrogen (secondary N) is 1. The lowest BCUT2D eigenvalue weighted by Gasteiger charge is -2.34. The normalized spacial score (nSPS) is 16.6. The molecule has 6 nitrogen and oxygen atoms in total. The molecule has 144 valence electrons. The van der Waals surface area contributed by atoms with Gasteiger partial charge in [0, 0.05) is 30.9 Å². The van der Waals surface area contributed by atoms with Crippen LogP contribution >= 0.6 is 0 Å². The number of methoxy groups -OCH3 is 3. The number of hydrogen-bond donors (Lipinski definition) is 1. The van der Waals surface area contributed by atoms with Crippen LogP contribution in [0.5, 0.6) is 17.2 Å². The molecule has 1 aliphatic rings. The average Bonchev–Trinajstić information content (AvgIpc) is 2.73. The number of ether oxygens (including phenoxy) is 3. The van der Waals surface area contributed by atoms with Gasteiger partial charge in [0.1, 0.15) is 17.2 Å². The van der Waals surface area contributed by atoms with Crippen molar-refractivity contribution in [2.24, 2.45) is 0 Å². The van der Waals surface area contributed by atoms with E-state index in [4.69, 9.17) is 14.2 Å². The van der Waals surface area contributed by atoms with Crippen molar-refractivity contribution < 1.29 is 19.0 Å². The Morgan fingerprint density at radius 2 is 1.70 bits per heavy atom. The summed E-state index contributed by atoms with van der Waals surface area (Å²) in [5.74, 6) is 2.01. The first-order valence-electron chi connectivity index (χ1n) is 9.06. The highest BCUT2D eigenvalue weighted by Gasteiger charge is 2.26. The van der Waals surface area contributed by atoms with Crippen LogP contribution in [0, 0.1) is 0 Å². The van der Waals surface area contributed by atoms with Crippen LogP contribution in [-0.2, 0) is 0 Å². The fourth-order valence-electron chi connectivity index (χ4n) is 3.35. The van der Waals surface area contributed by atoms with Crippen molar-refractivity contribution in [1.82, 2.24) is 4.90 Å². The molecule has 1 saturated heterocycles. The molecule has 0 unspecified atom stereocenters. The van der Waals surface area contributed by atoms with Crippen LogP contribution in [0.15, 0.2) is 42.5 Å². The van der Waals surface area contributed by atoms with E-state index < -0.39 is 0 Å². The summed E-state index contributed by atoms with van der Waals surface area (Å²) in [4.78, 5) is 14.9.